The first-order valence-corrected chi connectivity index (χ1v) is 10.8. The lowest BCUT2D eigenvalue weighted by Crippen LogP contribution is -1.96. The van der Waals surface area contributed by atoms with E-state index in [1.807, 2.05) is 54.6 Å². The number of imidazole rings is 1. The number of nitrogens with zero attached hydrogens (tertiary/aromatic N) is 3. The Balaban J connectivity index is 1.51. The molecule has 31 heavy (non-hydrogen) atoms. The van der Waals surface area contributed by atoms with E-state index in [1.165, 1.54) is 4.70 Å². The molecule has 0 saturated heterocycles. The van der Waals surface area contributed by atoms with E-state index in [0.717, 1.165) is 44.4 Å². The Hall–Kier alpha value is -3.96. The van der Waals surface area contributed by atoms with Crippen LogP contribution >= 0.6 is 11.3 Å². The van der Waals surface area contributed by atoms with Gasteiger partial charge in [0.2, 0.25) is 0 Å². The monoisotopic (exact) mass is 419 g/mol. The lowest BCUT2D eigenvalue weighted by molar-refractivity contribution is 0.557. The van der Waals surface area contributed by atoms with Crippen LogP contribution in [0.4, 0.5) is 0 Å². The summed E-state index contributed by atoms with van der Waals surface area (Å²) in [5.41, 5.74) is 5.15. The van der Waals surface area contributed by atoms with Gasteiger partial charge in [0.15, 0.2) is 0 Å². The van der Waals surface area contributed by atoms with Crippen LogP contribution in [0.3, 0.4) is 0 Å². The van der Waals surface area contributed by atoms with E-state index in [4.69, 9.17) is 14.4 Å². The third kappa shape index (κ3) is 3.25. The van der Waals surface area contributed by atoms with E-state index >= 15 is 0 Å². The van der Waals surface area contributed by atoms with Gasteiger partial charge < -0.3 is 4.42 Å². The zero-order chi connectivity index (χ0) is 20.6. The lowest BCUT2D eigenvalue weighted by Gasteiger charge is -2.07. The molecule has 3 aromatic heterocycles. The minimum atomic E-state index is 0.793. The predicted molar refractivity (Wildman–Crippen MR) is 127 cm³/mol. The molecule has 0 radical (unpaired) electrons. The van der Waals surface area contributed by atoms with Crippen LogP contribution in [-0.4, -0.2) is 14.5 Å². The molecule has 0 fully saturated rings. The van der Waals surface area contributed by atoms with Crippen molar-refractivity contribution in [1.82, 2.24) is 14.5 Å². The summed E-state index contributed by atoms with van der Waals surface area (Å²) in [6.07, 6.45) is 5.60. The Labute approximate surface area is 182 Å². The molecule has 5 heteroatoms. The molecule has 0 saturated carbocycles. The number of thiazole rings is 1. The normalized spacial score (nSPS) is 11.7. The van der Waals surface area contributed by atoms with E-state index in [2.05, 4.69) is 47.0 Å². The van der Waals surface area contributed by atoms with Gasteiger partial charge in [-0.3, -0.25) is 4.57 Å². The van der Waals surface area contributed by atoms with E-state index < -0.39 is 0 Å². The van der Waals surface area contributed by atoms with Gasteiger partial charge in [-0.15, -0.1) is 11.3 Å². The Bertz CT molecular complexity index is 1490. The Morgan fingerprint density at radius 1 is 0.774 bits per heavy atom. The molecule has 6 rings (SSSR count). The summed E-state index contributed by atoms with van der Waals surface area (Å²) in [7, 11) is 0. The number of hydrogen-bond acceptors (Lipinski definition) is 4. The van der Waals surface area contributed by atoms with Gasteiger partial charge in [0, 0.05) is 11.3 Å². The van der Waals surface area contributed by atoms with Gasteiger partial charge in [-0.05, 0) is 66.7 Å². The Kier molecular flexibility index (Phi) is 4.25. The van der Waals surface area contributed by atoms with Crippen LogP contribution in [0, 0.1) is 0 Å². The van der Waals surface area contributed by atoms with Crippen molar-refractivity contribution in [2.45, 2.75) is 0 Å². The van der Waals surface area contributed by atoms with Crippen molar-refractivity contribution < 1.29 is 4.42 Å². The van der Waals surface area contributed by atoms with E-state index in [-0.39, 0.29) is 0 Å². The molecule has 4 nitrogen and oxygen atoms in total. The third-order valence-electron chi connectivity index (χ3n) is 5.18. The molecule has 0 spiro atoms. The summed E-state index contributed by atoms with van der Waals surface area (Å²) in [4.78, 5) is 9.74. The van der Waals surface area contributed by atoms with Gasteiger partial charge in [-0.2, -0.15) is 0 Å². The van der Waals surface area contributed by atoms with Crippen LogP contribution < -0.4 is 0 Å². The second-order valence-corrected chi connectivity index (χ2v) is 8.21. The van der Waals surface area contributed by atoms with E-state index in [0.29, 0.717) is 0 Å². The third-order valence-corrected chi connectivity index (χ3v) is 6.26. The maximum atomic E-state index is 5.45. The summed E-state index contributed by atoms with van der Waals surface area (Å²) in [5, 5.41) is 1.00. The second kappa shape index (κ2) is 7.38. The Morgan fingerprint density at radius 2 is 1.65 bits per heavy atom. The van der Waals surface area contributed by atoms with Crippen molar-refractivity contribution in [3.8, 4) is 16.3 Å². The van der Waals surface area contributed by atoms with Crippen LogP contribution in [0.2, 0.25) is 0 Å². The molecule has 0 aliphatic rings. The van der Waals surface area contributed by atoms with Crippen molar-refractivity contribution >= 4 is 44.7 Å². The van der Waals surface area contributed by atoms with Crippen molar-refractivity contribution in [3.63, 3.8) is 0 Å². The largest absolute Gasteiger partial charge is 0.465 e. The average molecular weight is 420 g/mol. The maximum absolute atomic E-state index is 5.45. The fraction of sp³-hybridized carbons (Fsp3) is 0. The predicted octanol–water partition coefficient (Wildman–Crippen LogP) is 7.07. The molecule has 3 heterocycles. The molecule has 0 unspecified atom stereocenters. The summed E-state index contributed by atoms with van der Waals surface area (Å²) in [6.45, 7) is 0. The number of benzene rings is 3. The van der Waals surface area contributed by atoms with Crippen LogP contribution in [-0.2, 0) is 0 Å². The highest BCUT2D eigenvalue weighted by Gasteiger charge is 2.13. The minimum absolute atomic E-state index is 0.793. The number of furan rings is 1. The van der Waals surface area contributed by atoms with Gasteiger partial charge in [0.1, 0.15) is 16.6 Å². The second-order valence-electron chi connectivity index (χ2n) is 7.18. The SMILES string of the molecule is C(=C\c1nc2cc(-c3nc4ccccc4s3)ccc2n1-c1ccccc1)/c1ccco1. The van der Waals surface area contributed by atoms with Crippen molar-refractivity contribution in [2.24, 2.45) is 0 Å². The number of hydrogen-bond donors (Lipinski definition) is 0. The van der Waals surface area contributed by atoms with Crippen LogP contribution in [0.1, 0.15) is 11.6 Å². The highest BCUT2D eigenvalue weighted by atomic mass is 32.1. The lowest BCUT2D eigenvalue weighted by atomic mass is 10.2. The molecule has 0 amide bonds. The zero-order valence-electron chi connectivity index (χ0n) is 16.5. The molecule has 0 atom stereocenters. The van der Waals surface area contributed by atoms with Crippen LogP contribution in [0.15, 0.2) is 95.6 Å². The number of fused-ring (bicyclic) bond motifs is 2. The molecule has 3 aromatic carbocycles. The standard InChI is InChI=1S/C26H17N3OS/c1-2-7-19(8-3-1)29-23-14-12-18(26-28-21-10-4-5-11-24(21)31-26)17-22(23)27-25(29)15-13-20-9-6-16-30-20/h1-17H/b15-13+. The minimum Gasteiger partial charge on any atom is -0.465 e. The van der Waals surface area contributed by atoms with Gasteiger partial charge >= 0.3 is 0 Å². The fourth-order valence-electron chi connectivity index (χ4n) is 3.73. The molecule has 0 bridgehead atoms. The van der Waals surface area contributed by atoms with Gasteiger partial charge in [0.25, 0.3) is 0 Å². The van der Waals surface area contributed by atoms with E-state index in [9.17, 15) is 0 Å². The zero-order valence-corrected chi connectivity index (χ0v) is 17.3. The molecule has 0 N–H and O–H groups in total. The first-order valence-electron chi connectivity index (χ1n) is 10.0. The van der Waals surface area contributed by atoms with Gasteiger partial charge in [0.05, 0.1) is 27.5 Å². The molecular weight excluding hydrogens is 402 g/mol. The number of aromatic nitrogens is 3. The van der Waals surface area contributed by atoms with Gasteiger partial charge in [-0.1, -0.05) is 30.3 Å². The molecule has 0 aliphatic carbocycles. The van der Waals surface area contributed by atoms with Crippen LogP contribution in [0.5, 0.6) is 0 Å². The summed E-state index contributed by atoms with van der Waals surface area (Å²) in [6, 6.07) is 28.7. The number of para-hydroxylation sites is 2. The molecule has 6 aromatic rings. The number of rotatable bonds is 4. The average Bonchev–Trinajstić information content (AvgIpc) is 3.55. The van der Waals surface area contributed by atoms with Crippen molar-refractivity contribution in [2.75, 3.05) is 0 Å². The van der Waals surface area contributed by atoms with Gasteiger partial charge in [-0.25, -0.2) is 9.97 Å². The smallest absolute Gasteiger partial charge is 0.138 e. The molecular formula is C26H17N3OS. The summed E-state index contributed by atoms with van der Waals surface area (Å²) >= 11 is 1.70. The maximum Gasteiger partial charge on any atom is 0.138 e. The van der Waals surface area contributed by atoms with Crippen molar-refractivity contribution in [3.05, 3.63) is 103 Å². The summed E-state index contributed by atoms with van der Waals surface area (Å²) in [5.74, 6) is 1.64. The van der Waals surface area contributed by atoms with E-state index in [1.54, 1.807) is 17.6 Å². The highest BCUT2D eigenvalue weighted by molar-refractivity contribution is 7.21. The molecule has 0 aliphatic heterocycles. The Morgan fingerprint density at radius 3 is 2.48 bits per heavy atom. The quantitative estimate of drug-likeness (QED) is 0.307. The first-order chi connectivity index (χ1) is 15.3. The topological polar surface area (TPSA) is 43.9 Å². The first kappa shape index (κ1) is 17.9. The van der Waals surface area contributed by atoms with Crippen molar-refractivity contribution in [1.29, 1.82) is 0 Å². The fourth-order valence-corrected chi connectivity index (χ4v) is 4.69. The van der Waals surface area contributed by atoms with Crippen LogP contribution in [0.25, 0.3) is 49.7 Å². The molecule has 148 valence electrons. The highest BCUT2D eigenvalue weighted by Crippen LogP contribution is 2.33. The summed E-state index contributed by atoms with van der Waals surface area (Å²) < 4.78 is 8.80.